The maximum absolute atomic E-state index is 12.0. The summed E-state index contributed by atoms with van der Waals surface area (Å²) in [6.07, 6.45) is 0. The predicted octanol–water partition coefficient (Wildman–Crippen LogP) is 2.29. The molecule has 3 rings (SSSR count). The second-order valence-corrected chi connectivity index (χ2v) is 4.38. The van der Waals surface area contributed by atoms with Crippen molar-refractivity contribution in [1.82, 2.24) is 0 Å². The van der Waals surface area contributed by atoms with Crippen LogP contribution in [-0.2, 0) is 15.3 Å². The van der Waals surface area contributed by atoms with Gasteiger partial charge in [0.15, 0.2) is 0 Å². The second kappa shape index (κ2) is 4.10. The molecule has 0 saturated carbocycles. The van der Waals surface area contributed by atoms with Gasteiger partial charge in [-0.2, -0.15) is 0 Å². The minimum atomic E-state index is -1.18. The van der Waals surface area contributed by atoms with E-state index in [1.54, 1.807) is 18.2 Å². The van der Waals surface area contributed by atoms with E-state index >= 15 is 0 Å². The number of nitrogens with two attached hydrogens (primary N) is 1. The third-order valence-electron chi connectivity index (χ3n) is 3.30. The van der Waals surface area contributed by atoms with Gasteiger partial charge in [-0.3, -0.25) is 0 Å². The van der Waals surface area contributed by atoms with E-state index in [0.717, 1.165) is 5.56 Å². The number of carbonyl (C=O) groups is 1. The molecule has 2 aromatic rings. The molecule has 0 spiro atoms. The molecule has 2 aromatic carbocycles. The number of ether oxygens (including phenoxy) is 2. The van der Waals surface area contributed by atoms with Crippen molar-refractivity contribution in [1.29, 1.82) is 0 Å². The van der Waals surface area contributed by atoms with E-state index in [1.807, 2.05) is 30.3 Å². The van der Waals surface area contributed by atoms with E-state index in [0.29, 0.717) is 16.8 Å². The normalized spacial score (nSPS) is 21.0. The van der Waals surface area contributed by atoms with Crippen molar-refractivity contribution in [2.24, 2.45) is 0 Å². The van der Waals surface area contributed by atoms with Crippen molar-refractivity contribution in [2.75, 3.05) is 12.8 Å². The molecule has 0 radical (unpaired) electrons. The smallest absolute Gasteiger partial charge is 0.341 e. The summed E-state index contributed by atoms with van der Waals surface area (Å²) in [4.78, 5) is 12.0. The maximum atomic E-state index is 12.0. The van der Waals surface area contributed by atoms with E-state index in [9.17, 15) is 4.79 Å². The van der Waals surface area contributed by atoms with Gasteiger partial charge in [0, 0.05) is 23.9 Å². The van der Waals surface area contributed by atoms with Crippen LogP contribution >= 0.6 is 0 Å². The van der Waals surface area contributed by atoms with Gasteiger partial charge in [0.05, 0.1) is 5.56 Å². The molecular weight excluding hydrogens is 242 g/mol. The Balaban J connectivity index is 2.24. The molecule has 96 valence electrons. The molecule has 0 fully saturated rings. The highest BCUT2D eigenvalue weighted by molar-refractivity contribution is 5.96. The summed E-state index contributed by atoms with van der Waals surface area (Å²) in [5.41, 5.74) is 8.14. The first kappa shape index (κ1) is 11.7. The molecule has 1 unspecified atom stereocenters. The minimum absolute atomic E-state index is 0.423. The van der Waals surface area contributed by atoms with E-state index in [4.69, 9.17) is 15.2 Å². The highest BCUT2D eigenvalue weighted by Crippen LogP contribution is 2.42. The van der Waals surface area contributed by atoms with E-state index in [2.05, 4.69) is 0 Å². The van der Waals surface area contributed by atoms with Gasteiger partial charge in [0.1, 0.15) is 0 Å². The minimum Gasteiger partial charge on any atom is -0.420 e. The Morgan fingerprint density at radius 2 is 1.89 bits per heavy atom. The van der Waals surface area contributed by atoms with Crippen LogP contribution in [-0.4, -0.2) is 13.1 Å². The standard InChI is InChI=1S/C15H13NO3/c1-18-15(10-5-3-2-4-6-10)13-8-7-11(16)9-12(13)14(17)19-15/h2-9H,16H2,1H3. The molecule has 4 nitrogen and oxygen atoms in total. The Kier molecular flexibility index (Phi) is 2.54. The van der Waals surface area contributed by atoms with Crippen molar-refractivity contribution in [3.05, 3.63) is 65.2 Å². The van der Waals surface area contributed by atoms with Crippen LogP contribution in [0.4, 0.5) is 5.69 Å². The summed E-state index contributed by atoms with van der Waals surface area (Å²) in [6.45, 7) is 0. The summed E-state index contributed by atoms with van der Waals surface area (Å²) < 4.78 is 11.0. The molecule has 2 N–H and O–H groups in total. The average molecular weight is 255 g/mol. The Labute approximate surface area is 110 Å². The van der Waals surface area contributed by atoms with Crippen molar-refractivity contribution in [3.8, 4) is 0 Å². The highest BCUT2D eigenvalue weighted by Gasteiger charge is 2.47. The van der Waals surface area contributed by atoms with Gasteiger partial charge in [-0.05, 0) is 18.2 Å². The number of hydrogen-bond donors (Lipinski definition) is 1. The molecule has 0 aromatic heterocycles. The topological polar surface area (TPSA) is 61.5 Å². The van der Waals surface area contributed by atoms with Crippen LogP contribution in [0.5, 0.6) is 0 Å². The number of nitrogen functional groups attached to an aromatic ring is 1. The number of rotatable bonds is 2. The lowest BCUT2D eigenvalue weighted by atomic mass is 9.95. The van der Waals surface area contributed by atoms with Gasteiger partial charge in [0.25, 0.3) is 5.79 Å². The SMILES string of the molecule is COC1(c2ccccc2)OC(=O)c2cc(N)ccc21. The summed E-state index contributed by atoms with van der Waals surface area (Å²) in [7, 11) is 1.52. The molecule has 1 heterocycles. The summed E-state index contributed by atoms with van der Waals surface area (Å²) >= 11 is 0. The summed E-state index contributed by atoms with van der Waals surface area (Å²) in [5.74, 6) is -1.60. The van der Waals surface area contributed by atoms with Crippen LogP contribution in [0.25, 0.3) is 0 Å². The molecule has 0 saturated heterocycles. The van der Waals surface area contributed by atoms with E-state index in [-0.39, 0.29) is 0 Å². The first-order valence-electron chi connectivity index (χ1n) is 5.91. The lowest BCUT2D eigenvalue weighted by Crippen LogP contribution is -2.30. The fourth-order valence-electron chi connectivity index (χ4n) is 2.40. The maximum Gasteiger partial charge on any atom is 0.341 e. The van der Waals surface area contributed by atoms with Gasteiger partial charge in [-0.1, -0.05) is 30.3 Å². The van der Waals surface area contributed by atoms with Crippen LogP contribution in [0.15, 0.2) is 48.5 Å². The number of benzene rings is 2. The number of esters is 1. The zero-order valence-corrected chi connectivity index (χ0v) is 10.4. The number of cyclic esters (lactones) is 1. The molecule has 0 bridgehead atoms. The number of methoxy groups -OCH3 is 1. The van der Waals surface area contributed by atoms with Crippen molar-refractivity contribution < 1.29 is 14.3 Å². The van der Waals surface area contributed by atoms with Crippen LogP contribution in [0, 0.1) is 0 Å². The molecule has 1 aliphatic rings. The zero-order chi connectivity index (χ0) is 13.5. The summed E-state index contributed by atoms with van der Waals surface area (Å²) in [5, 5.41) is 0. The first-order chi connectivity index (χ1) is 9.17. The largest absolute Gasteiger partial charge is 0.420 e. The van der Waals surface area contributed by atoms with Gasteiger partial charge < -0.3 is 15.2 Å². The molecule has 4 heteroatoms. The fraction of sp³-hybridized carbons (Fsp3) is 0.133. The van der Waals surface area contributed by atoms with Gasteiger partial charge in [-0.25, -0.2) is 4.79 Å². The molecule has 0 amide bonds. The third-order valence-corrected chi connectivity index (χ3v) is 3.30. The molecule has 1 aliphatic heterocycles. The number of anilines is 1. The second-order valence-electron chi connectivity index (χ2n) is 4.38. The summed E-state index contributed by atoms with van der Waals surface area (Å²) in [6, 6.07) is 14.5. The first-order valence-corrected chi connectivity index (χ1v) is 5.91. The fourth-order valence-corrected chi connectivity index (χ4v) is 2.40. The zero-order valence-electron chi connectivity index (χ0n) is 10.4. The number of hydrogen-bond acceptors (Lipinski definition) is 4. The lowest BCUT2D eigenvalue weighted by Gasteiger charge is -2.27. The third kappa shape index (κ3) is 1.61. The van der Waals surface area contributed by atoms with Gasteiger partial charge in [-0.15, -0.1) is 0 Å². The predicted molar refractivity (Wildman–Crippen MR) is 70.5 cm³/mol. The van der Waals surface area contributed by atoms with Crippen molar-refractivity contribution in [3.63, 3.8) is 0 Å². The Morgan fingerprint density at radius 3 is 2.58 bits per heavy atom. The monoisotopic (exact) mass is 255 g/mol. The quantitative estimate of drug-likeness (QED) is 0.660. The molecule has 0 aliphatic carbocycles. The Hall–Kier alpha value is -2.33. The van der Waals surface area contributed by atoms with Crippen LogP contribution in [0.2, 0.25) is 0 Å². The Bertz CT molecular complexity index is 639. The van der Waals surface area contributed by atoms with Crippen LogP contribution in [0.1, 0.15) is 21.5 Å². The Morgan fingerprint density at radius 1 is 1.16 bits per heavy atom. The number of fused-ring (bicyclic) bond motifs is 1. The van der Waals surface area contributed by atoms with E-state index < -0.39 is 11.8 Å². The van der Waals surface area contributed by atoms with Crippen molar-refractivity contribution >= 4 is 11.7 Å². The highest BCUT2D eigenvalue weighted by atomic mass is 16.7. The molecule has 1 atom stereocenters. The average Bonchev–Trinajstić information content (AvgIpc) is 2.73. The molecular formula is C15H13NO3. The van der Waals surface area contributed by atoms with Gasteiger partial charge >= 0.3 is 5.97 Å². The van der Waals surface area contributed by atoms with Crippen LogP contribution in [0.3, 0.4) is 0 Å². The molecule has 19 heavy (non-hydrogen) atoms. The lowest BCUT2D eigenvalue weighted by molar-refractivity contribution is -0.154. The van der Waals surface area contributed by atoms with Crippen molar-refractivity contribution in [2.45, 2.75) is 5.79 Å². The van der Waals surface area contributed by atoms with E-state index in [1.165, 1.54) is 7.11 Å². The number of carbonyl (C=O) groups excluding carboxylic acids is 1. The van der Waals surface area contributed by atoms with Crippen LogP contribution < -0.4 is 5.73 Å². The van der Waals surface area contributed by atoms with Gasteiger partial charge in [0.2, 0.25) is 0 Å².